The number of carbonyl (C=O) groups is 2. The Morgan fingerprint density at radius 2 is 2.00 bits per heavy atom. The molecule has 2 atom stereocenters. The van der Waals surface area contributed by atoms with E-state index >= 15 is 0 Å². The zero-order valence-corrected chi connectivity index (χ0v) is 20.6. The van der Waals surface area contributed by atoms with Crippen molar-refractivity contribution >= 4 is 28.6 Å². The highest BCUT2D eigenvalue weighted by molar-refractivity contribution is 6.00. The maximum absolute atomic E-state index is 14.0. The Labute approximate surface area is 214 Å². The first-order chi connectivity index (χ1) is 17.8. The predicted octanol–water partition coefficient (Wildman–Crippen LogP) is 4.90. The van der Waals surface area contributed by atoms with Crippen molar-refractivity contribution in [1.29, 1.82) is 0 Å². The van der Waals surface area contributed by atoms with E-state index in [-0.39, 0.29) is 18.6 Å². The summed E-state index contributed by atoms with van der Waals surface area (Å²) >= 11 is 0. The van der Waals surface area contributed by atoms with Gasteiger partial charge in [0.2, 0.25) is 11.9 Å². The van der Waals surface area contributed by atoms with Gasteiger partial charge in [0.15, 0.2) is 6.73 Å². The molecule has 1 aromatic carbocycles. The summed E-state index contributed by atoms with van der Waals surface area (Å²) < 4.78 is 21.2. The van der Waals surface area contributed by atoms with E-state index in [1.165, 1.54) is 18.3 Å². The van der Waals surface area contributed by atoms with Gasteiger partial charge in [-0.05, 0) is 47.4 Å². The van der Waals surface area contributed by atoms with E-state index in [4.69, 9.17) is 10.5 Å². The number of benzene rings is 1. The molecule has 0 saturated carbocycles. The minimum Gasteiger partial charge on any atom is -0.443 e. The summed E-state index contributed by atoms with van der Waals surface area (Å²) in [5.41, 5.74) is 10.1. The molecule has 0 aliphatic heterocycles. The van der Waals surface area contributed by atoms with Crippen LogP contribution >= 0.6 is 0 Å². The molecular formula is C28H28FN5O3. The summed E-state index contributed by atoms with van der Waals surface area (Å²) in [7, 11) is 0. The zero-order valence-electron chi connectivity index (χ0n) is 20.6. The van der Waals surface area contributed by atoms with E-state index < -0.39 is 18.0 Å². The Morgan fingerprint density at radius 3 is 2.73 bits per heavy atom. The van der Waals surface area contributed by atoms with Crippen molar-refractivity contribution in [1.82, 2.24) is 14.5 Å². The van der Waals surface area contributed by atoms with Crippen LogP contribution in [0.4, 0.5) is 10.1 Å². The van der Waals surface area contributed by atoms with Crippen LogP contribution < -0.4 is 11.1 Å². The number of hydrogen-bond acceptors (Lipinski definition) is 6. The average molecular weight is 502 g/mol. The van der Waals surface area contributed by atoms with Crippen LogP contribution in [-0.2, 0) is 21.1 Å². The van der Waals surface area contributed by atoms with Crippen molar-refractivity contribution in [3.05, 3.63) is 79.7 Å². The Kier molecular flexibility index (Phi) is 7.74. The quantitative estimate of drug-likeness (QED) is 0.192. The van der Waals surface area contributed by atoms with Crippen LogP contribution in [-0.4, -0.2) is 32.5 Å². The lowest BCUT2D eigenvalue weighted by Crippen LogP contribution is -2.38. The second-order valence-corrected chi connectivity index (χ2v) is 8.75. The van der Waals surface area contributed by atoms with Gasteiger partial charge in [0.05, 0.1) is 0 Å². The standard InChI is InChI=1S/C28H28FN5O3/c1-4-17(3)26(30)28(36)37-16-34-15-23(19-9-10-31-24(29)13-19)22-12-20(14-32-27(22)34)18-7-6-8-21(11-18)33-25(35)5-2/h5-15,17,26H,2,4,16,30H2,1,3H3,(H,33,35)/t17-,26-/m0/s1. The molecule has 4 aromatic rings. The number of nitrogens with two attached hydrogens (primary N) is 1. The summed E-state index contributed by atoms with van der Waals surface area (Å²) in [6.45, 7) is 7.24. The van der Waals surface area contributed by atoms with Crippen molar-refractivity contribution in [2.45, 2.75) is 33.0 Å². The Balaban J connectivity index is 1.74. The first-order valence-corrected chi connectivity index (χ1v) is 11.9. The summed E-state index contributed by atoms with van der Waals surface area (Å²) in [5.74, 6) is -1.44. The maximum atomic E-state index is 14.0. The van der Waals surface area contributed by atoms with Gasteiger partial charge in [0.25, 0.3) is 0 Å². The fourth-order valence-electron chi connectivity index (χ4n) is 3.91. The normalized spacial score (nSPS) is 12.6. The molecule has 3 N–H and O–H groups in total. The van der Waals surface area contributed by atoms with Gasteiger partial charge in [-0.2, -0.15) is 4.39 Å². The molecule has 37 heavy (non-hydrogen) atoms. The van der Waals surface area contributed by atoms with Crippen LogP contribution in [0.2, 0.25) is 0 Å². The number of anilines is 1. The van der Waals surface area contributed by atoms with Gasteiger partial charge in [-0.25, -0.2) is 9.97 Å². The lowest BCUT2D eigenvalue weighted by atomic mass is 10.0. The molecule has 0 fully saturated rings. The average Bonchev–Trinajstić information content (AvgIpc) is 3.28. The van der Waals surface area contributed by atoms with E-state index in [2.05, 4.69) is 21.9 Å². The van der Waals surface area contributed by atoms with Crippen LogP contribution in [0.15, 0.2) is 73.7 Å². The highest BCUT2D eigenvalue weighted by Gasteiger charge is 2.22. The largest absolute Gasteiger partial charge is 0.443 e. The molecular weight excluding hydrogens is 473 g/mol. The third-order valence-corrected chi connectivity index (χ3v) is 6.28. The van der Waals surface area contributed by atoms with Crippen molar-refractivity contribution in [2.75, 3.05) is 5.32 Å². The van der Waals surface area contributed by atoms with Crippen molar-refractivity contribution in [3.8, 4) is 22.3 Å². The molecule has 0 aliphatic carbocycles. The molecule has 1 amide bonds. The number of esters is 1. The fraction of sp³-hybridized carbons (Fsp3) is 0.214. The van der Waals surface area contributed by atoms with E-state index in [1.54, 1.807) is 29.1 Å². The van der Waals surface area contributed by atoms with Crippen LogP contribution in [0.5, 0.6) is 0 Å². The molecule has 0 saturated heterocycles. The summed E-state index contributed by atoms with van der Waals surface area (Å²) in [5, 5.41) is 3.47. The Hall–Kier alpha value is -4.37. The number of ether oxygens (including phenoxy) is 1. The number of carbonyl (C=O) groups excluding carboxylic acids is 2. The van der Waals surface area contributed by atoms with E-state index in [0.29, 0.717) is 22.5 Å². The lowest BCUT2D eigenvalue weighted by Gasteiger charge is -2.17. The minimum absolute atomic E-state index is 0.0167. The number of pyridine rings is 2. The number of amides is 1. The molecule has 3 heterocycles. The predicted molar refractivity (Wildman–Crippen MR) is 141 cm³/mol. The van der Waals surface area contributed by atoms with Crippen molar-refractivity contribution < 1.29 is 18.7 Å². The third-order valence-electron chi connectivity index (χ3n) is 6.28. The molecule has 0 radical (unpaired) electrons. The van der Waals surface area contributed by atoms with Crippen LogP contribution in [0.1, 0.15) is 20.3 Å². The monoisotopic (exact) mass is 501 g/mol. The van der Waals surface area contributed by atoms with Gasteiger partial charge in [-0.15, -0.1) is 0 Å². The molecule has 0 unspecified atom stereocenters. The van der Waals surface area contributed by atoms with E-state index in [1.807, 2.05) is 38.1 Å². The first-order valence-electron chi connectivity index (χ1n) is 11.9. The van der Waals surface area contributed by atoms with Crippen LogP contribution in [0.3, 0.4) is 0 Å². The van der Waals surface area contributed by atoms with Gasteiger partial charge in [0.1, 0.15) is 11.7 Å². The number of nitrogens with one attached hydrogen (secondary N) is 1. The van der Waals surface area contributed by atoms with Gasteiger partial charge >= 0.3 is 5.97 Å². The van der Waals surface area contributed by atoms with E-state index in [9.17, 15) is 14.0 Å². The van der Waals surface area contributed by atoms with Crippen molar-refractivity contribution in [2.24, 2.45) is 11.7 Å². The van der Waals surface area contributed by atoms with Crippen molar-refractivity contribution in [3.63, 3.8) is 0 Å². The Bertz CT molecular complexity index is 1470. The van der Waals surface area contributed by atoms with E-state index in [0.717, 1.165) is 22.9 Å². The summed E-state index contributed by atoms with van der Waals surface area (Å²) in [6, 6.07) is 11.5. The lowest BCUT2D eigenvalue weighted by molar-refractivity contribution is -0.150. The topological polar surface area (TPSA) is 112 Å². The molecule has 190 valence electrons. The maximum Gasteiger partial charge on any atom is 0.324 e. The smallest absolute Gasteiger partial charge is 0.324 e. The second-order valence-electron chi connectivity index (χ2n) is 8.75. The second kappa shape index (κ2) is 11.1. The highest BCUT2D eigenvalue weighted by atomic mass is 19.1. The van der Waals surface area contributed by atoms with Crippen LogP contribution in [0.25, 0.3) is 33.3 Å². The molecule has 9 heteroatoms. The highest BCUT2D eigenvalue weighted by Crippen LogP contribution is 2.33. The molecule has 0 bridgehead atoms. The van der Waals surface area contributed by atoms with Crippen LogP contribution in [0, 0.1) is 11.9 Å². The first kappa shape index (κ1) is 25.7. The minimum atomic E-state index is -0.728. The number of hydrogen-bond donors (Lipinski definition) is 2. The molecule has 3 aromatic heterocycles. The number of aromatic nitrogens is 3. The third kappa shape index (κ3) is 5.73. The van der Waals surface area contributed by atoms with Gasteiger partial charge < -0.3 is 15.8 Å². The van der Waals surface area contributed by atoms with Gasteiger partial charge in [0, 0.05) is 46.9 Å². The number of nitrogens with zero attached hydrogens (tertiary/aromatic N) is 3. The number of fused-ring (bicyclic) bond motifs is 1. The summed E-state index contributed by atoms with van der Waals surface area (Å²) in [6.07, 6.45) is 6.80. The molecule has 8 nitrogen and oxygen atoms in total. The van der Waals surface area contributed by atoms with Gasteiger partial charge in [-0.1, -0.05) is 39.0 Å². The molecule has 0 spiro atoms. The number of rotatable bonds is 9. The Morgan fingerprint density at radius 1 is 1.19 bits per heavy atom. The SMILES string of the molecule is C=CC(=O)Nc1cccc(-c2cnc3c(c2)c(-c2ccnc(F)c2)cn3COC(=O)[C@@H](N)[C@@H](C)CC)c1. The fourth-order valence-corrected chi connectivity index (χ4v) is 3.91. The number of halogens is 1. The molecule has 0 aliphatic rings. The molecule has 4 rings (SSSR count). The van der Waals surface area contributed by atoms with Gasteiger partial charge in [-0.3, -0.25) is 14.2 Å². The summed E-state index contributed by atoms with van der Waals surface area (Å²) in [4.78, 5) is 32.5. The zero-order chi connectivity index (χ0) is 26.5.